The number of rotatable bonds is 11. The first-order valence-corrected chi connectivity index (χ1v) is 13.0. The number of nitro groups is 1. The van der Waals surface area contributed by atoms with Crippen molar-refractivity contribution in [3.8, 4) is 5.75 Å². The van der Waals surface area contributed by atoms with Gasteiger partial charge in [-0.1, -0.05) is 48.5 Å². The second kappa shape index (κ2) is 14.0. The van der Waals surface area contributed by atoms with Crippen LogP contribution in [0.3, 0.4) is 0 Å². The van der Waals surface area contributed by atoms with Crippen LogP contribution in [0.2, 0.25) is 0 Å². The molecule has 0 radical (unpaired) electrons. The molecule has 2 amide bonds. The van der Waals surface area contributed by atoms with E-state index in [0.29, 0.717) is 40.3 Å². The highest BCUT2D eigenvalue weighted by Gasteiger charge is 2.17. The van der Waals surface area contributed by atoms with Gasteiger partial charge in [0.1, 0.15) is 11.4 Å². The average Bonchev–Trinajstić information content (AvgIpc) is 3.01. The normalized spacial score (nSPS) is 11.1. The Bertz CT molecular complexity index is 1660. The molecule has 0 bridgehead atoms. The van der Waals surface area contributed by atoms with E-state index in [1.165, 1.54) is 36.4 Å². The van der Waals surface area contributed by atoms with Crippen LogP contribution in [-0.2, 0) is 4.79 Å². The number of benzene rings is 4. The maximum Gasteiger partial charge on any atom is 0.276 e. The SMILES string of the molecule is CCOc1ccccc1/C=C(\NC(=O)c1ccccc1)C(=O)Nc1ccc(C(=O)/C=C/c2ccccc2[N+](=O)[O-])cc1. The summed E-state index contributed by atoms with van der Waals surface area (Å²) in [6.07, 6.45) is 4.18. The number of anilines is 1. The maximum absolute atomic E-state index is 13.4. The molecule has 0 spiro atoms. The minimum Gasteiger partial charge on any atom is -0.493 e. The summed E-state index contributed by atoms with van der Waals surface area (Å²) in [5, 5.41) is 16.6. The van der Waals surface area contributed by atoms with Crippen LogP contribution in [0.25, 0.3) is 12.2 Å². The van der Waals surface area contributed by atoms with E-state index in [2.05, 4.69) is 10.6 Å². The molecule has 0 heterocycles. The van der Waals surface area contributed by atoms with Crippen LogP contribution < -0.4 is 15.4 Å². The largest absolute Gasteiger partial charge is 0.493 e. The van der Waals surface area contributed by atoms with Gasteiger partial charge in [-0.05, 0) is 73.7 Å². The molecule has 42 heavy (non-hydrogen) atoms. The Morgan fingerprint density at radius 2 is 1.45 bits per heavy atom. The molecule has 0 aliphatic carbocycles. The molecule has 4 aromatic carbocycles. The van der Waals surface area contributed by atoms with Gasteiger partial charge in [-0.15, -0.1) is 0 Å². The van der Waals surface area contributed by atoms with E-state index in [1.807, 2.05) is 13.0 Å². The fraction of sp³-hybridized carbons (Fsp3) is 0.0606. The van der Waals surface area contributed by atoms with Gasteiger partial charge >= 0.3 is 0 Å². The van der Waals surface area contributed by atoms with Crippen molar-refractivity contribution in [2.45, 2.75) is 6.92 Å². The number of amides is 2. The van der Waals surface area contributed by atoms with Crippen LogP contribution in [0.15, 0.2) is 115 Å². The van der Waals surface area contributed by atoms with Crippen LogP contribution in [0, 0.1) is 10.1 Å². The third-order valence-electron chi connectivity index (χ3n) is 6.02. The second-order valence-electron chi connectivity index (χ2n) is 8.89. The third kappa shape index (κ3) is 7.64. The molecule has 0 aromatic heterocycles. The van der Waals surface area contributed by atoms with Gasteiger partial charge in [0.05, 0.1) is 17.1 Å². The summed E-state index contributed by atoms with van der Waals surface area (Å²) in [5.41, 5.74) is 1.88. The molecule has 0 saturated carbocycles. The zero-order valence-electron chi connectivity index (χ0n) is 22.7. The lowest BCUT2D eigenvalue weighted by molar-refractivity contribution is -0.385. The maximum atomic E-state index is 13.4. The molecule has 210 valence electrons. The number of carbonyl (C=O) groups is 3. The minimum absolute atomic E-state index is 0.0106. The van der Waals surface area contributed by atoms with E-state index in [0.717, 1.165) is 0 Å². The molecule has 0 atom stereocenters. The topological polar surface area (TPSA) is 128 Å². The molecule has 2 N–H and O–H groups in total. The van der Waals surface area contributed by atoms with Gasteiger partial charge < -0.3 is 15.4 Å². The van der Waals surface area contributed by atoms with Crippen LogP contribution in [0.4, 0.5) is 11.4 Å². The summed E-state index contributed by atoms with van der Waals surface area (Å²) in [5.74, 6) is -0.858. The van der Waals surface area contributed by atoms with Gasteiger partial charge in [-0.25, -0.2) is 0 Å². The lowest BCUT2D eigenvalue weighted by atomic mass is 10.1. The van der Waals surface area contributed by atoms with E-state index in [9.17, 15) is 24.5 Å². The fourth-order valence-electron chi connectivity index (χ4n) is 3.96. The number of nitrogens with one attached hydrogen (secondary N) is 2. The molecule has 9 heteroatoms. The smallest absolute Gasteiger partial charge is 0.276 e. The Labute approximate surface area is 242 Å². The van der Waals surface area contributed by atoms with Gasteiger partial charge in [0.25, 0.3) is 17.5 Å². The molecule has 0 saturated heterocycles. The molecular weight excluding hydrogens is 534 g/mol. The lowest BCUT2D eigenvalue weighted by Crippen LogP contribution is -2.30. The predicted molar refractivity (Wildman–Crippen MR) is 161 cm³/mol. The molecule has 0 fully saturated rings. The lowest BCUT2D eigenvalue weighted by Gasteiger charge is -2.13. The number of ether oxygens (including phenoxy) is 1. The number of ketones is 1. The standard InChI is InChI=1S/C33H27N3O6/c1-2-42-31-15-9-7-13-26(31)22-28(35-32(38)25-11-4-3-5-12-25)33(39)34-27-19-16-24(17-20-27)30(37)21-18-23-10-6-8-14-29(23)36(40)41/h3-22H,2H2,1H3,(H,34,39)(H,35,38)/b21-18+,28-22-. The Morgan fingerprint density at radius 3 is 2.14 bits per heavy atom. The second-order valence-corrected chi connectivity index (χ2v) is 8.89. The zero-order valence-corrected chi connectivity index (χ0v) is 22.7. The summed E-state index contributed by atoms with van der Waals surface area (Å²) < 4.78 is 5.67. The quantitative estimate of drug-likeness (QED) is 0.0958. The van der Waals surface area contributed by atoms with E-state index in [-0.39, 0.29) is 17.2 Å². The van der Waals surface area contributed by atoms with Crippen LogP contribution >= 0.6 is 0 Å². The Morgan fingerprint density at radius 1 is 0.810 bits per heavy atom. The summed E-state index contributed by atoms with van der Waals surface area (Å²) in [7, 11) is 0. The highest BCUT2D eigenvalue weighted by Crippen LogP contribution is 2.22. The third-order valence-corrected chi connectivity index (χ3v) is 6.02. The molecule has 0 unspecified atom stereocenters. The van der Waals surface area contributed by atoms with Gasteiger partial charge in [0, 0.05) is 28.4 Å². The first-order valence-electron chi connectivity index (χ1n) is 13.0. The van der Waals surface area contributed by atoms with Crippen molar-refractivity contribution >= 4 is 41.1 Å². The first-order chi connectivity index (χ1) is 20.4. The molecule has 4 aromatic rings. The Hall–Kier alpha value is -5.83. The van der Waals surface area contributed by atoms with Gasteiger partial charge in [-0.3, -0.25) is 24.5 Å². The van der Waals surface area contributed by atoms with Crippen LogP contribution in [0.5, 0.6) is 5.75 Å². The first kappa shape index (κ1) is 29.2. The number of nitro benzene ring substituents is 1. The molecule has 0 aliphatic rings. The summed E-state index contributed by atoms with van der Waals surface area (Å²) in [6.45, 7) is 2.27. The summed E-state index contributed by atoms with van der Waals surface area (Å²) >= 11 is 0. The fourth-order valence-corrected chi connectivity index (χ4v) is 3.96. The van der Waals surface area contributed by atoms with Crippen molar-refractivity contribution in [3.05, 3.63) is 147 Å². The highest BCUT2D eigenvalue weighted by molar-refractivity contribution is 6.11. The van der Waals surface area contributed by atoms with Crippen molar-refractivity contribution in [2.24, 2.45) is 0 Å². The van der Waals surface area contributed by atoms with Gasteiger partial charge in [-0.2, -0.15) is 0 Å². The summed E-state index contributed by atoms with van der Waals surface area (Å²) in [6, 6.07) is 27.9. The van der Waals surface area contributed by atoms with E-state index in [4.69, 9.17) is 4.74 Å². The van der Waals surface area contributed by atoms with Gasteiger partial charge in [0.15, 0.2) is 5.78 Å². The number of allylic oxidation sites excluding steroid dienone is 1. The zero-order chi connectivity index (χ0) is 29.9. The number of carbonyl (C=O) groups excluding carboxylic acids is 3. The molecule has 0 aliphatic heterocycles. The van der Waals surface area contributed by atoms with Crippen molar-refractivity contribution < 1.29 is 24.0 Å². The van der Waals surface area contributed by atoms with Crippen molar-refractivity contribution in [1.82, 2.24) is 5.32 Å². The number of hydrogen-bond donors (Lipinski definition) is 2. The number of hydrogen-bond acceptors (Lipinski definition) is 6. The van der Waals surface area contributed by atoms with Crippen molar-refractivity contribution in [3.63, 3.8) is 0 Å². The minimum atomic E-state index is -0.582. The average molecular weight is 562 g/mol. The number of para-hydroxylation sites is 2. The van der Waals surface area contributed by atoms with E-state index in [1.54, 1.807) is 78.9 Å². The Kier molecular flexibility index (Phi) is 9.72. The molecule has 4 rings (SSSR count). The highest BCUT2D eigenvalue weighted by atomic mass is 16.6. The van der Waals surface area contributed by atoms with E-state index >= 15 is 0 Å². The molecule has 9 nitrogen and oxygen atoms in total. The van der Waals surface area contributed by atoms with Gasteiger partial charge in [0.2, 0.25) is 0 Å². The molecular formula is C33H27N3O6. The number of nitrogens with zero attached hydrogens (tertiary/aromatic N) is 1. The van der Waals surface area contributed by atoms with E-state index < -0.39 is 16.7 Å². The monoisotopic (exact) mass is 561 g/mol. The van der Waals surface area contributed by atoms with Crippen LogP contribution in [0.1, 0.15) is 38.8 Å². The predicted octanol–water partition coefficient (Wildman–Crippen LogP) is 6.30. The van der Waals surface area contributed by atoms with Crippen molar-refractivity contribution in [1.29, 1.82) is 0 Å². The van der Waals surface area contributed by atoms with Crippen molar-refractivity contribution in [2.75, 3.05) is 11.9 Å². The summed E-state index contributed by atoms with van der Waals surface area (Å²) in [4.78, 5) is 49.6. The Balaban J connectivity index is 1.53. The van der Waals surface area contributed by atoms with Crippen LogP contribution in [-0.4, -0.2) is 29.1 Å².